The molecule has 0 aliphatic heterocycles. The third-order valence-corrected chi connectivity index (χ3v) is 4.45. The molecule has 1 fully saturated rings. The van der Waals surface area contributed by atoms with Gasteiger partial charge in [0.15, 0.2) is 0 Å². The molecule has 0 amide bonds. The number of rotatable bonds is 2. The monoisotopic (exact) mass is 284 g/mol. The lowest BCUT2D eigenvalue weighted by atomic mass is 9.71. The van der Waals surface area contributed by atoms with Gasteiger partial charge in [-0.1, -0.05) is 60.7 Å². The summed E-state index contributed by atoms with van der Waals surface area (Å²) in [6, 6.07) is 19.0. The number of aliphatic hydroxyl groups excluding tert-OH is 3. The molecule has 1 aliphatic rings. The Kier molecular flexibility index (Phi) is 4.06. The lowest BCUT2D eigenvalue weighted by molar-refractivity contribution is -0.0799. The molecule has 0 aromatic heterocycles. The van der Waals surface area contributed by atoms with Crippen molar-refractivity contribution in [3.8, 4) is 0 Å². The van der Waals surface area contributed by atoms with Gasteiger partial charge in [0.2, 0.25) is 0 Å². The van der Waals surface area contributed by atoms with Crippen LogP contribution >= 0.6 is 0 Å². The lowest BCUT2D eigenvalue weighted by Crippen LogP contribution is -2.47. The highest BCUT2D eigenvalue weighted by Crippen LogP contribution is 2.41. The predicted molar refractivity (Wildman–Crippen MR) is 81.0 cm³/mol. The van der Waals surface area contributed by atoms with Gasteiger partial charge in [-0.05, 0) is 17.5 Å². The molecule has 3 nitrogen and oxygen atoms in total. The van der Waals surface area contributed by atoms with Gasteiger partial charge in [-0.2, -0.15) is 0 Å². The summed E-state index contributed by atoms with van der Waals surface area (Å²) in [5.41, 5.74) is 1.82. The predicted octanol–water partition coefficient (Wildman–Crippen LogP) is 2.04. The fourth-order valence-corrected chi connectivity index (χ4v) is 3.35. The Morgan fingerprint density at radius 3 is 1.76 bits per heavy atom. The Morgan fingerprint density at radius 2 is 1.19 bits per heavy atom. The van der Waals surface area contributed by atoms with Gasteiger partial charge in [0, 0.05) is 11.8 Å². The van der Waals surface area contributed by atoms with E-state index in [1.54, 1.807) is 0 Å². The second-order valence-electron chi connectivity index (χ2n) is 5.74. The van der Waals surface area contributed by atoms with Gasteiger partial charge in [-0.25, -0.2) is 0 Å². The molecule has 0 unspecified atom stereocenters. The fraction of sp³-hybridized carbons (Fsp3) is 0.333. The summed E-state index contributed by atoms with van der Waals surface area (Å²) < 4.78 is 0. The van der Waals surface area contributed by atoms with E-state index >= 15 is 0 Å². The standard InChI is InChI=1S/C18H20O3/c19-15-11-14(12-7-3-1-4-8-12)17(20)18(21)16(15)13-9-5-2-6-10-13/h1-10,14-21H,11H2/t14-,15+,16-,17+,18-/m0/s1. The maximum Gasteiger partial charge on any atom is 0.0898 e. The Labute approximate surface area is 124 Å². The third-order valence-electron chi connectivity index (χ3n) is 4.45. The van der Waals surface area contributed by atoms with Crippen LogP contribution in [0.1, 0.15) is 29.4 Å². The molecule has 0 spiro atoms. The molecule has 3 N–H and O–H groups in total. The van der Waals surface area contributed by atoms with Crippen LogP contribution in [-0.4, -0.2) is 33.6 Å². The minimum absolute atomic E-state index is 0.240. The minimum atomic E-state index is -0.971. The highest BCUT2D eigenvalue weighted by Gasteiger charge is 2.43. The second-order valence-corrected chi connectivity index (χ2v) is 5.74. The molecule has 2 aromatic rings. The summed E-state index contributed by atoms with van der Waals surface area (Å²) >= 11 is 0. The Hall–Kier alpha value is -1.68. The van der Waals surface area contributed by atoms with Crippen LogP contribution in [0.4, 0.5) is 0 Å². The maximum absolute atomic E-state index is 10.5. The molecule has 0 radical (unpaired) electrons. The van der Waals surface area contributed by atoms with E-state index in [-0.39, 0.29) is 5.92 Å². The molecule has 0 saturated heterocycles. The number of hydrogen-bond donors (Lipinski definition) is 3. The largest absolute Gasteiger partial charge is 0.392 e. The average molecular weight is 284 g/mol. The minimum Gasteiger partial charge on any atom is -0.392 e. The maximum atomic E-state index is 10.5. The molecular formula is C18H20O3. The Bertz CT molecular complexity index is 570. The van der Waals surface area contributed by atoms with Crippen LogP contribution in [0.2, 0.25) is 0 Å². The van der Waals surface area contributed by atoms with Crippen LogP contribution in [0.5, 0.6) is 0 Å². The van der Waals surface area contributed by atoms with E-state index in [4.69, 9.17) is 0 Å². The van der Waals surface area contributed by atoms with Crippen LogP contribution in [0, 0.1) is 0 Å². The van der Waals surface area contributed by atoms with Crippen molar-refractivity contribution in [2.75, 3.05) is 0 Å². The van der Waals surface area contributed by atoms with Crippen LogP contribution in [0.3, 0.4) is 0 Å². The van der Waals surface area contributed by atoms with Crippen molar-refractivity contribution < 1.29 is 15.3 Å². The van der Waals surface area contributed by atoms with Gasteiger partial charge >= 0.3 is 0 Å². The Balaban J connectivity index is 1.88. The number of benzene rings is 2. The third kappa shape index (κ3) is 2.72. The summed E-state index contributed by atoms with van der Waals surface area (Å²) in [6.07, 6.45) is -2.07. The fourth-order valence-electron chi connectivity index (χ4n) is 3.35. The normalized spacial score (nSPS) is 32.8. The highest BCUT2D eigenvalue weighted by atomic mass is 16.3. The van der Waals surface area contributed by atoms with E-state index in [0.29, 0.717) is 6.42 Å². The SMILES string of the molecule is O[C@@H]1[C@H](O)[C@H](c2ccccc2)C[C@@H](O)[C@@H]1c1ccccc1. The first-order chi connectivity index (χ1) is 10.2. The first-order valence-electron chi connectivity index (χ1n) is 7.32. The second kappa shape index (κ2) is 5.98. The van der Waals surface area contributed by atoms with Gasteiger partial charge in [-0.15, -0.1) is 0 Å². The van der Waals surface area contributed by atoms with Gasteiger partial charge in [0.05, 0.1) is 18.3 Å². The quantitative estimate of drug-likeness (QED) is 0.791. The molecule has 1 aliphatic carbocycles. The molecule has 5 atom stereocenters. The highest BCUT2D eigenvalue weighted by molar-refractivity contribution is 5.28. The zero-order valence-corrected chi connectivity index (χ0v) is 11.7. The van der Waals surface area contributed by atoms with Gasteiger partial charge in [0.25, 0.3) is 0 Å². The lowest BCUT2D eigenvalue weighted by Gasteiger charge is -2.41. The molecule has 3 heteroatoms. The smallest absolute Gasteiger partial charge is 0.0898 e. The van der Waals surface area contributed by atoms with E-state index in [2.05, 4.69) is 0 Å². The first-order valence-corrected chi connectivity index (χ1v) is 7.32. The van der Waals surface area contributed by atoms with E-state index in [9.17, 15) is 15.3 Å². The zero-order valence-electron chi connectivity index (χ0n) is 11.7. The molecule has 2 aromatic carbocycles. The van der Waals surface area contributed by atoms with Gasteiger partial charge < -0.3 is 15.3 Å². The molecule has 0 bridgehead atoms. The van der Waals surface area contributed by atoms with Crippen molar-refractivity contribution >= 4 is 0 Å². The van der Waals surface area contributed by atoms with E-state index in [0.717, 1.165) is 11.1 Å². The average Bonchev–Trinajstić information content (AvgIpc) is 2.53. The van der Waals surface area contributed by atoms with Crippen LogP contribution < -0.4 is 0 Å². The van der Waals surface area contributed by atoms with Crippen molar-refractivity contribution in [3.05, 3.63) is 71.8 Å². The van der Waals surface area contributed by atoms with Crippen LogP contribution in [0.25, 0.3) is 0 Å². The molecule has 1 saturated carbocycles. The molecule has 3 rings (SSSR count). The van der Waals surface area contributed by atoms with Gasteiger partial charge in [-0.3, -0.25) is 0 Å². The molecule has 110 valence electrons. The van der Waals surface area contributed by atoms with Crippen LogP contribution in [-0.2, 0) is 0 Å². The van der Waals surface area contributed by atoms with Gasteiger partial charge in [0.1, 0.15) is 0 Å². The summed E-state index contributed by atoms with van der Waals surface area (Å²) in [5.74, 6) is -0.683. The number of hydrogen-bond acceptors (Lipinski definition) is 3. The van der Waals surface area contributed by atoms with Crippen molar-refractivity contribution in [1.82, 2.24) is 0 Å². The molecule has 21 heavy (non-hydrogen) atoms. The van der Waals surface area contributed by atoms with Crippen molar-refractivity contribution in [2.45, 2.75) is 36.6 Å². The van der Waals surface area contributed by atoms with Crippen molar-refractivity contribution in [2.24, 2.45) is 0 Å². The van der Waals surface area contributed by atoms with E-state index in [1.807, 2.05) is 60.7 Å². The molecular weight excluding hydrogens is 264 g/mol. The van der Waals surface area contributed by atoms with E-state index in [1.165, 1.54) is 0 Å². The zero-order chi connectivity index (χ0) is 14.8. The topological polar surface area (TPSA) is 60.7 Å². The summed E-state index contributed by atoms with van der Waals surface area (Å²) in [6.45, 7) is 0. The number of aliphatic hydroxyl groups is 3. The first kappa shape index (κ1) is 14.3. The summed E-state index contributed by atoms with van der Waals surface area (Å²) in [4.78, 5) is 0. The van der Waals surface area contributed by atoms with Crippen molar-refractivity contribution in [3.63, 3.8) is 0 Å². The van der Waals surface area contributed by atoms with E-state index < -0.39 is 24.2 Å². The Morgan fingerprint density at radius 1 is 0.667 bits per heavy atom. The van der Waals surface area contributed by atoms with Crippen LogP contribution in [0.15, 0.2) is 60.7 Å². The summed E-state index contributed by atoms with van der Waals surface area (Å²) in [7, 11) is 0. The summed E-state index contributed by atoms with van der Waals surface area (Å²) in [5, 5.41) is 31.4. The van der Waals surface area contributed by atoms with Crippen molar-refractivity contribution in [1.29, 1.82) is 0 Å². The molecule has 0 heterocycles.